The second kappa shape index (κ2) is 5.66. The highest BCUT2D eigenvalue weighted by atomic mass is 16.3. The molecule has 2 heterocycles. The molecule has 0 spiro atoms. The molecule has 7 heteroatoms. The molecule has 0 radical (unpaired) electrons. The number of carbonyl (C=O) groups excluding carboxylic acids is 1. The zero-order valence-electron chi connectivity index (χ0n) is 12.7. The van der Waals surface area contributed by atoms with Crippen molar-refractivity contribution >= 4 is 11.8 Å². The molecule has 0 bridgehead atoms. The minimum absolute atomic E-state index is 0.0592. The Labute approximate surface area is 133 Å². The number of nitrogens with zero attached hydrogens (tertiary/aromatic N) is 4. The highest BCUT2D eigenvalue weighted by molar-refractivity contribution is 5.89. The van der Waals surface area contributed by atoms with Crippen LogP contribution in [0, 0.1) is 5.92 Å². The van der Waals surface area contributed by atoms with Gasteiger partial charge in [-0.05, 0) is 37.3 Å². The van der Waals surface area contributed by atoms with Gasteiger partial charge in [0.15, 0.2) is 5.82 Å². The Morgan fingerprint density at radius 1 is 1.22 bits per heavy atom. The van der Waals surface area contributed by atoms with Gasteiger partial charge in [0.05, 0.1) is 24.0 Å². The van der Waals surface area contributed by atoms with Gasteiger partial charge >= 0.3 is 6.03 Å². The van der Waals surface area contributed by atoms with Crippen LogP contribution in [-0.4, -0.2) is 49.7 Å². The number of rotatable bonds is 2. The highest BCUT2D eigenvalue weighted by Gasteiger charge is 2.45. The summed E-state index contributed by atoms with van der Waals surface area (Å²) in [5.41, 5.74) is 0.834. The van der Waals surface area contributed by atoms with E-state index in [4.69, 9.17) is 0 Å². The van der Waals surface area contributed by atoms with Gasteiger partial charge in [-0.1, -0.05) is 23.4 Å². The number of para-hydroxylation sites is 1. The van der Waals surface area contributed by atoms with Crippen molar-refractivity contribution < 1.29 is 9.90 Å². The number of aliphatic hydroxyl groups is 1. The maximum atomic E-state index is 12.6. The van der Waals surface area contributed by atoms with Gasteiger partial charge in [-0.25, -0.2) is 4.79 Å². The van der Waals surface area contributed by atoms with E-state index >= 15 is 0 Å². The lowest BCUT2D eigenvalue weighted by atomic mass is 10.0. The Bertz CT molecular complexity index is 702. The lowest BCUT2D eigenvalue weighted by molar-refractivity contribution is 0.101. The molecular weight excluding hydrogens is 294 g/mol. The third-order valence-corrected chi connectivity index (χ3v) is 4.86. The van der Waals surface area contributed by atoms with E-state index in [1.165, 1.54) is 6.20 Å². The predicted octanol–water partition coefficient (Wildman–Crippen LogP) is 1.64. The minimum atomic E-state index is -0.412. The van der Waals surface area contributed by atoms with E-state index in [-0.39, 0.29) is 12.1 Å². The van der Waals surface area contributed by atoms with Crippen LogP contribution >= 0.6 is 0 Å². The lowest BCUT2D eigenvalue weighted by Crippen LogP contribution is -2.44. The Balaban J connectivity index is 1.53. The number of likely N-dealkylation sites (tertiary alicyclic amines) is 1. The van der Waals surface area contributed by atoms with E-state index in [1.807, 2.05) is 30.3 Å². The van der Waals surface area contributed by atoms with E-state index in [0.29, 0.717) is 18.3 Å². The molecule has 7 nitrogen and oxygen atoms in total. The maximum absolute atomic E-state index is 12.6. The zero-order chi connectivity index (χ0) is 15.8. The summed E-state index contributed by atoms with van der Waals surface area (Å²) in [5, 5.41) is 20.9. The predicted molar refractivity (Wildman–Crippen MR) is 84.2 cm³/mol. The summed E-state index contributed by atoms with van der Waals surface area (Å²) < 4.78 is 1.59. The number of hydrogen-bond donors (Lipinski definition) is 2. The third-order valence-electron chi connectivity index (χ3n) is 4.86. The van der Waals surface area contributed by atoms with E-state index in [2.05, 4.69) is 15.6 Å². The molecule has 3 atom stereocenters. The van der Waals surface area contributed by atoms with Gasteiger partial charge < -0.3 is 10.0 Å². The summed E-state index contributed by atoms with van der Waals surface area (Å²) in [4.78, 5) is 14.4. The summed E-state index contributed by atoms with van der Waals surface area (Å²) in [6.45, 7) is 0.686. The number of anilines is 1. The fraction of sp³-hybridized carbons (Fsp3) is 0.438. The van der Waals surface area contributed by atoms with Crippen molar-refractivity contribution in [1.29, 1.82) is 0 Å². The molecule has 120 valence electrons. The van der Waals surface area contributed by atoms with E-state index in [1.54, 1.807) is 9.58 Å². The highest BCUT2D eigenvalue weighted by Crippen LogP contribution is 2.38. The molecule has 2 aliphatic rings. The molecule has 1 saturated heterocycles. The molecule has 4 rings (SSSR count). The number of amides is 2. The SMILES string of the molecule is O=C(Nc1cnnn1-c1ccccc1)N1CC[C@@H]2CC[C@@H](O)[C@@H]21. The maximum Gasteiger partial charge on any atom is 0.323 e. The molecule has 1 aromatic carbocycles. The first-order valence-corrected chi connectivity index (χ1v) is 7.96. The van der Waals surface area contributed by atoms with Gasteiger partial charge in [0, 0.05) is 6.54 Å². The van der Waals surface area contributed by atoms with Crippen molar-refractivity contribution in [1.82, 2.24) is 19.9 Å². The van der Waals surface area contributed by atoms with Crippen LogP contribution in [0.5, 0.6) is 0 Å². The number of hydrogen-bond acceptors (Lipinski definition) is 4. The molecule has 2 aromatic rings. The topological polar surface area (TPSA) is 83.3 Å². The van der Waals surface area contributed by atoms with Crippen LogP contribution in [0.3, 0.4) is 0 Å². The molecule has 1 aliphatic carbocycles. The largest absolute Gasteiger partial charge is 0.391 e. The van der Waals surface area contributed by atoms with Crippen LogP contribution < -0.4 is 5.32 Å². The first-order valence-electron chi connectivity index (χ1n) is 7.96. The van der Waals surface area contributed by atoms with Crippen molar-refractivity contribution in [3.63, 3.8) is 0 Å². The quantitative estimate of drug-likeness (QED) is 0.883. The normalized spacial score (nSPS) is 26.3. The summed E-state index contributed by atoms with van der Waals surface area (Å²) in [7, 11) is 0. The van der Waals surface area contributed by atoms with Gasteiger partial charge in [-0.3, -0.25) is 5.32 Å². The fourth-order valence-corrected chi connectivity index (χ4v) is 3.77. The number of carbonyl (C=O) groups is 1. The Kier molecular flexibility index (Phi) is 3.49. The first kappa shape index (κ1) is 14.2. The number of urea groups is 1. The Hall–Kier alpha value is -2.41. The van der Waals surface area contributed by atoms with Gasteiger partial charge in [0.1, 0.15) is 0 Å². The molecule has 23 heavy (non-hydrogen) atoms. The Morgan fingerprint density at radius 3 is 2.87 bits per heavy atom. The molecule has 2 amide bonds. The zero-order valence-corrected chi connectivity index (χ0v) is 12.7. The van der Waals surface area contributed by atoms with Crippen molar-refractivity contribution in [2.75, 3.05) is 11.9 Å². The molecule has 1 aromatic heterocycles. The monoisotopic (exact) mass is 313 g/mol. The second-order valence-electron chi connectivity index (χ2n) is 6.17. The Morgan fingerprint density at radius 2 is 2.04 bits per heavy atom. The van der Waals surface area contributed by atoms with Crippen LogP contribution in [0.2, 0.25) is 0 Å². The van der Waals surface area contributed by atoms with E-state index in [0.717, 1.165) is 24.9 Å². The van der Waals surface area contributed by atoms with E-state index in [9.17, 15) is 9.90 Å². The molecule has 1 saturated carbocycles. The average Bonchev–Trinajstić information content (AvgIpc) is 3.26. The van der Waals surface area contributed by atoms with Crippen LogP contribution in [0.15, 0.2) is 36.5 Å². The molecule has 2 N–H and O–H groups in total. The molecular formula is C16H19N5O2. The van der Waals surface area contributed by atoms with Crippen LogP contribution in [0.4, 0.5) is 10.6 Å². The summed E-state index contributed by atoms with van der Waals surface area (Å²) in [6, 6.07) is 9.28. The van der Waals surface area contributed by atoms with Gasteiger partial charge in [-0.2, -0.15) is 4.68 Å². The number of nitrogens with one attached hydrogen (secondary N) is 1. The van der Waals surface area contributed by atoms with Gasteiger partial charge in [-0.15, -0.1) is 5.10 Å². The van der Waals surface area contributed by atoms with Crippen molar-refractivity contribution in [3.05, 3.63) is 36.5 Å². The number of aliphatic hydroxyl groups excluding tert-OH is 1. The lowest BCUT2D eigenvalue weighted by Gasteiger charge is -2.26. The summed E-state index contributed by atoms with van der Waals surface area (Å²) in [6.07, 6.45) is 3.86. The van der Waals surface area contributed by atoms with Crippen molar-refractivity contribution in [3.8, 4) is 5.69 Å². The van der Waals surface area contributed by atoms with Crippen LogP contribution in [0.1, 0.15) is 19.3 Å². The molecule has 0 unspecified atom stereocenters. The third kappa shape index (κ3) is 2.46. The minimum Gasteiger partial charge on any atom is -0.391 e. The molecule has 2 fully saturated rings. The summed E-state index contributed by atoms with van der Waals surface area (Å²) in [5.74, 6) is 0.949. The van der Waals surface area contributed by atoms with E-state index < -0.39 is 6.10 Å². The number of benzene rings is 1. The fourth-order valence-electron chi connectivity index (χ4n) is 3.77. The average molecular weight is 313 g/mol. The second-order valence-corrected chi connectivity index (χ2v) is 6.17. The number of aromatic nitrogens is 3. The standard InChI is InChI=1S/C16H19N5O2/c22-13-7-6-11-8-9-20(15(11)13)16(23)18-14-10-17-19-21(14)12-4-2-1-3-5-12/h1-5,10-11,13,15,22H,6-9H2,(H,18,23)/t11-,13+,15+/m0/s1. The smallest absolute Gasteiger partial charge is 0.323 e. The van der Waals surface area contributed by atoms with Crippen molar-refractivity contribution in [2.24, 2.45) is 5.92 Å². The van der Waals surface area contributed by atoms with Crippen molar-refractivity contribution in [2.45, 2.75) is 31.4 Å². The van der Waals surface area contributed by atoms with Crippen LogP contribution in [-0.2, 0) is 0 Å². The summed E-state index contributed by atoms with van der Waals surface area (Å²) >= 11 is 0. The van der Waals surface area contributed by atoms with Crippen LogP contribution in [0.25, 0.3) is 5.69 Å². The molecule has 1 aliphatic heterocycles. The van der Waals surface area contributed by atoms with Gasteiger partial charge in [0.2, 0.25) is 0 Å². The van der Waals surface area contributed by atoms with Gasteiger partial charge in [0.25, 0.3) is 0 Å². The first-order chi connectivity index (χ1) is 11.2. The number of fused-ring (bicyclic) bond motifs is 1.